The number of H-pyrrole nitrogens is 1. The number of carboxylic acids is 2. The fourth-order valence-corrected chi connectivity index (χ4v) is 3.66. The Bertz CT molecular complexity index is 1140. The van der Waals surface area contributed by atoms with Crippen molar-refractivity contribution in [2.75, 3.05) is 6.54 Å². The van der Waals surface area contributed by atoms with E-state index < -0.39 is 24.3 Å². The molecule has 0 saturated carbocycles. The van der Waals surface area contributed by atoms with Gasteiger partial charge in [0.05, 0.1) is 17.1 Å². The van der Waals surface area contributed by atoms with E-state index in [0.717, 1.165) is 34.4 Å². The number of fused-ring (bicyclic) bond motifs is 1. The quantitative estimate of drug-likeness (QED) is 0.330. The summed E-state index contributed by atoms with van der Waals surface area (Å²) < 4.78 is 64.6. The lowest BCUT2D eigenvalue weighted by atomic mass is 10.2. The molecule has 2 heterocycles. The van der Waals surface area contributed by atoms with Gasteiger partial charge in [0.25, 0.3) is 0 Å². The number of carbonyl (C=O) groups is 2. The monoisotopic (exact) mass is 583 g/mol. The van der Waals surface area contributed by atoms with Crippen LogP contribution in [-0.2, 0) is 16.1 Å². The molecule has 0 radical (unpaired) electrons. The third-order valence-electron chi connectivity index (χ3n) is 4.86. The first-order valence-corrected chi connectivity index (χ1v) is 11.0. The van der Waals surface area contributed by atoms with Crippen molar-refractivity contribution in [3.05, 3.63) is 64.4 Å². The molecule has 7 nitrogen and oxygen atoms in total. The number of aliphatic carboxylic acids is 2. The standard InChI is InChI=1S/C18H18BrN3.2C2HF3O2/c19-14-8-9-15-16(11-14)21-18(20-15)17-7-4-10-22(17)12-13-5-2-1-3-6-13;2*3-2(4,5)1(6)7/h1-3,5-6,8-9,11,17H,4,7,10,12H2,(H,20,21);2*(H,6,7). The van der Waals surface area contributed by atoms with E-state index in [-0.39, 0.29) is 0 Å². The van der Waals surface area contributed by atoms with Crippen molar-refractivity contribution in [1.29, 1.82) is 0 Å². The van der Waals surface area contributed by atoms with E-state index in [1.54, 1.807) is 0 Å². The highest BCUT2D eigenvalue weighted by atomic mass is 79.9. The maximum atomic E-state index is 10.6. The minimum atomic E-state index is -5.08. The van der Waals surface area contributed by atoms with Crippen molar-refractivity contribution < 1.29 is 46.1 Å². The van der Waals surface area contributed by atoms with Gasteiger partial charge in [-0.1, -0.05) is 46.3 Å². The third-order valence-corrected chi connectivity index (χ3v) is 5.35. The zero-order chi connectivity index (χ0) is 27.1. The molecule has 36 heavy (non-hydrogen) atoms. The maximum Gasteiger partial charge on any atom is 0.490 e. The molecule has 3 N–H and O–H groups in total. The Kier molecular flexibility index (Phi) is 9.87. The Morgan fingerprint density at radius 2 is 1.56 bits per heavy atom. The van der Waals surface area contributed by atoms with Gasteiger partial charge in [0.15, 0.2) is 0 Å². The number of carboxylic acid groups (broad SMARTS) is 2. The number of likely N-dealkylation sites (tertiary alicyclic amines) is 1. The first kappa shape index (κ1) is 29.1. The third kappa shape index (κ3) is 8.82. The van der Waals surface area contributed by atoms with Gasteiger partial charge in [0.2, 0.25) is 0 Å². The molecule has 1 atom stereocenters. The molecular formula is C22H20BrF6N3O4. The Morgan fingerprint density at radius 3 is 2.08 bits per heavy atom. The van der Waals surface area contributed by atoms with E-state index >= 15 is 0 Å². The zero-order valence-electron chi connectivity index (χ0n) is 18.3. The summed E-state index contributed by atoms with van der Waals surface area (Å²) in [6, 6.07) is 17.3. The van der Waals surface area contributed by atoms with Crippen molar-refractivity contribution in [3.63, 3.8) is 0 Å². The Balaban J connectivity index is 0.000000271. The van der Waals surface area contributed by atoms with Crippen LogP contribution in [-0.4, -0.2) is 55.9 Å². The van der Waals surface area contributed by atoms with Crippen LogP contribution in [0.25, 0.3) is 11.0 Å². The fraction of sp³-hybridized carbons (Fsp3) is 0.318. The summed E-state index contributed by atoms with van der Waals surface area (Å²) in [7, 11) is 0. The zero-order valence-corrected chi connectivity index (χ0v) is 19.9. The predicted molar refractivity (Wildman–Crippen MR) is 120 cm³/mol. The first-order valence-electron chi connectivity index (χ1n) is 10.2. The van der Waals surface area contributed by atoms with Crippen molar-refractivity contribution in [2.24, 2.45) is 0 Å². The van der Waals surface area contributed by atoms with Gasteiger partial charge in [0.1, 0.15) is 5.82 Å². The van der Waals surface area contributed by atoms with Crippen LogP contribution in [0.4, 0.5) is 26.3 Å². The van der Waals surface area contributed by atoms with E-state index in [2.05, 4.69) is 68.3 Å². The van der Waals surface area contributed by atoms with E-state index in [9.17, 15) is 26.3 Å². The summed E-state index contributed by atoms with van der Waals surface area (Å²) >= 11 is 3.52. The number of aromatic amines is 1. The van der Waals surface area contributed by atoms with Crippen molar-refractivity contribution >= 4 is 38.9 Å². The van der Waals surface area contributed by atoms with Crippen LogP contribution in [0, 0.1) is 0 Å². The van der Waals surface area contributed by atoms with E-state index in [1.807, 2.05) is 6.07 Å². The number of alkyl halides is 6. The number of rotatable bonds is 3. The molecule has 1 saturated heterocycles. The molecule has 0 bridgehead atoms. The van der Waals surface area contributed by atoms with Crippen molar-refractivity contribution in [3.8, 4) is 0 Å². The van der Waals surface area contributed by atoms with Crippen LogP contribution in [0.2, 0.25) is 0 Å². The summed E-state index contributed by atoms with van der Waals surface area (Å²) in [6.45, 7) is 2.13. The van der Waals surface area contributed by atoms with Crippen LogP contribution >= 0.6 is 15.9 Å². The Labute approximate surface area is 208 Å². The number of hydrogen-bond acceptors (Lipinski definition) is 4. The summed E-state index contributed by atoms with van der Waals surface area (Å²) in [4.78, 5) is 28.6. The van der Waals surface area contributed by atoms with Gasteiger partial charge >= 0.3 is 24.3 Å². The van der Waals surface area contributed by atoms with Gasteiger partial charge in [-0.15, -0.1) is 0 Å². The molecule has 1 unspecified atom stereocenters. The molecule has 14 heteroatoms. The summed E-state index contributed by atoms with van der Waals surface area (Å²) in [6.07, 6.45) is -7.76. The van der Waals surface area contributed by atoms with Gasteiger partial charge in [-0.05, 0) is 43.1 Å². The fourth-order valence-electron chi connectivity index (χ4n) is 3.30. The first-order chi connectivity index (χ1) is 16.7. The molecule has 2 aromatic carbocycles. The largest absolute Gasteiger partial charge is 0.490 e. The minimum absolute atomic E-state index is 0.395. The average Bonchev–Trinajstić information content (AvgIpc) is 3.40. The molecule has 0 spiro atoms. The average molecular weight is 584 g/mol. The second-order valence-corrected chi connectivity index (χ2v) is 8.42. The summed E-state index contributed by atoms with van der Waals surface area (Å²) in [5, 5.41) is 14.2. The number of benzene rings is 2. The van der Waals surface area contributed by atoms with Gasteiger partial charge in [0, 0.05) is 11.0 Å². The summed E-state index contributed by atoms with van der Waals surface area (Å²) in [5.74, 6) is -4.42. The molecule has 1 aliphatic rings. The highest BCUT2D eigenvalue weighted by Gasteiger charge is 2.38. The second-order valence-electron chi connectivity index (χ2n) is 7.50. The van der Waals surface area contributed by atoms with E-state index in [4.69, 9.17) is 24.8 Å². The summed E-state index contributed by atoms with van der Waals surface area (Å²) in [5.41, 5.74) is 3.52. The topological polar surface area (TPSA) is 107 Å². The highest BCUT2D eigenvalue weighted by molar-refractivity contribution is 9.10. The normalized spacial score (nSPS) is 16.0. The van der Waals surface area contributed by atoms with E-state index in [0.29, 0.717) is 6.04 Å². The number of halogens is 7. The molecule has 0 amide bonds. The molecule has 4 rings (SSSR count). The molecule has 1 aromatic heterocycles. The van der Waals surface area contributed by atoms with Crippen LogP contribution in [0.15, 0.2) is 53.0 Å². The highest BCUT2D eigenvalue weighted by Crippen LogP contribution is 2.33. The number of imidazole rings is 1. The second kappa shape index (κ2) is 12.2. The smallest absolute Gasteiger partial charge is 0.475 e. The van der Waals surface area contributed by atoms with Crippen molar-refractivity contribution in [1.82, 2.24) is 14.9 Å². The Morgan fingerprint density at radius 1 is 1.00 bits per heavy atom. The number of nitrogens with one attached hydrogen (secondary N) is 1. The van der Waals surface area contributed by atoms with Gasteiger partial charge in [-0.3, -0.25) is 4.90 Å². The lowest BCUT2D eigenvalue weighted by Crippen LogP contribution is -2.23. The molecule has 1 aliphatic heterocycles. The molecular weight excluding hydrogens is 564 g/mol. The van der Waals surface area contributed by atoms with Crippen LogP contribution in [0.5, 0.6) is 0 Å². The lowest BCUT2D eigenvalue weighted by molar-refractivity contribution is -0.193. The van der Waals surface area contributed by atoms with Crippen LogP contribution in [0.3, 0.4) is 0 Å². The van der Waals surface area contributed by atoms with Gasteiger partial charge in [-0.25, -0.2) is 14.6 Å². The molecule has 3 aromatic rings. The molecule has 0 aliphatic carbocycles. The SMILES string of the molecule is Brc1ccc2nc(C3CCCN3Cc3ccccc3)[nH]c2c1.O=C(O)C(F)(F)F.O=C(O)C(F)(F)F. The lowest BCUT2D eigenvalue weighted by Gasteiger charge is -2.22. The number of nitrogens with zero attached hydrogens (tertiary/aromatic N) is 2. The molecule has 1 fully saturated rings. The van der Waals surface area contributed by atoms with Gasteiger partial charge in [-0.2, -0.15) is 26.3 Å². The number of aromatic nitrogens is 2. The van der Waals surface area contributed by atoms with Crippen molar-refractivity contribution in [2.45, 2.75) is 37.8 Å². The van der Waals surface area contributed by atoms with E-state index in [1.165, 1.54) is 18.4 Å². The maximum absolute atomic E-state index is 10.6. The number of hydrogen-bond donors (Lipinski definition) is 3. The van der Waals surface area contributed by atoms with Gasteiger partial charge < -0.3 is 15.2 Å². The van der Waals surface area contributed by atoms with Crippen LogP contribution < -0.4 is 0 Å². The van der Waals surface area contributed by atoms with Crippen LogP contribution in [0.1, 0.15) is 30.3 Å². The molecule has 196 valence electrons. The Hall–Kier alpha value is -3.13. The minimum Gasteiger partial charge on any atom is -0.475 e. The predicted octanol–water partition coefficient (Wildman–Crippen LogP) is 5.93.